The molecule has 20 heavy (non-hydrogen) atoms. The van der Waals surface area contributed by atoms with E-state index in [9.17, 15) is 13.2 Å². The van der Waals surface area contributed by atoms with E-state index in [1.165, 1.54) is 0 Å². The van der Waals surface area contributed by atoms with Crippen molar-refractivity contribution in [3.8, 4) is 0 Å². The predicted octanol–water partition coefficient (Wildman–Crippen LogP) is 4.00. The minimum Gasteiger partial charge on any atom is -0.360 e. The molecule has 0 heterocycles. The van der Waals surface area contributed by atoms with Crippen LogP contribution in [0.3, 0.4) is 0 Å². The molecule has 0 spiro atoms. The molecule has 2 rings (SSSR count). The zero-order chi connectivity index (χ0) is 14.4. The van der Waals surface area contributed by atoms with Gasteiger partial charge in [-0.3, -0.25) is 4.74 Å². The van der Waals surface area contributed by atoms with Gasteiger partial charge in [0.05, 0.1) is 0 Å². The van der Waals surface area contributed by atoms with Crippen LogP contribution in [0.15, 0.2) is 54.6 Å². The van der Waals surface area contributed by atoms with Gasteiger partial charge in [-0.05, 0) is 23.8 Å². The highest BCUT2D eigenvalue weighted by Gasteiger charge is 2.33. The second kappa shape index (κ2) is 6.43. The molecule has 2 aromatic rings. The van der Waals surface area contributed by atoms with Gasteiger partial charge in [0.15, 0.2) is 0 Å². The van der Waals surface area contributed by atoms with Crippen molar-refractivity contribution in [2.75, 3.05) is 5.32 Å². The quantitative estimate of drug-likeness (QED) is 0.836. The second-order valence-electron chi connectivity index (χ2n) is 4.17. The number of hydrogen-bond acceptors (Lipinski definition) is 2. The zero-order valence-electron chi connectivity index (χ0n) is 10.5. The SMILES string of the molecule is FC(F)(F)OC(Cc1ccccc1)Nc1cc[c]cc1. The van der Waals surface area contributed by atoms with E-state index >= 15 is 0 Å². The Morgan fingerprint density at radius 2 is 1.70 bits per heavy atom. The maximum Gasteiger partial charge on any atom is 0.524 e. The van der Waals surface area contributed by atoms with Crippen LogP contribution < -0.4 is 5.32 Å². The molecule has 2 aromatic carbocycles. The van der Waals surface area contributed by atoms with Crippen LogP contribution in [0.2, 0.25) is 0 Å². The minimum atomic E-state index is -4.69. The molecule has 0 amide bonds. The number of rotatable bonds is 5. The molecule has 0 aliphatic carbocycles. The number of benzene rings is 2. The lowest BCUT2D eigenvalue weighted by Gasteiger charge is -2.21. The minimum absolute atomic E-state index is 0.110. The fraction of sp³-hybridized carbons (Fsp3) is 0.200. The van der Waals surface area contributed by atoms with E-state index in [4.69, 9.17) is 0 Å². The number of halogens is 3. The van der Waals surface area contributed by atoms with Crippen molar-refractivity contribution in [2.45, 2.75) is 19.0 Å². The molecule has 0 saturated carbocycles. The second-order valence-corrected chi connectivity index (χ2v) is 4.17. The molecule has 1 N–H and O–H groups in total. The molecular weight excluding hydrogens is 267 g/mol. The lowest BCUT2D eigenvalue weighted by molar-refractivity contribution is -0.338. The number of ether oxygens (including phenoxy) is 1. The first-order chi connectivity index (χ1) is 9.53. The van der Waals surface area contributed by atoms with E-state index in [0.29, 0.717) is 5.69 Å². The van der Waals surface area contributed by atoms with Crippen LogP contribution >= 0.6 is 0 Å². The normalized spacial score (nSPS) is 12.9. The van der Waals surface area contributed by atoms with Gasteiger partial charge in [0.1, 0.15) is 6.23 Å². The summed E-state index contributed by atoms with van der Waals surface area (Å²) in [5.74, 6) is 0. The molecule has 1 atom stereocenters. The van der Waals surface area contributed by atoms with Gasteiger partial charge in [0, 0.05) is 12.1 Å². The Labute approximate surface area is 115 Å². The average molecular weight is 280 g/mol. The molecule has 1 radical (unpaired) electrons. The molecule has 5 heteroatoms. The molecule has 105 valence electrons. The Morgan fingerprint density at radius 3 is 2.30 bits per heavy atom. The average Bonchev–Trinajstić information content (AvgIpc) is 2.39. The van der Waals surface area contributed by atoms with Gasteiger partial charge >= 0.3 is 6.36 Å². The van der Waals surface area contributed by atoms with Gasteiger partial charge in [0.25, 0.3) is 0 Å². The molecule has 0 saturated heterocycles. The maximum absolute atomic E-state index is 12.4. The van der Waals surface area contributed by atoms with Gasteiger partial charge < -0.3 is 5.32 Å². The summed E-state index contributed by atoms with van der Waals surface area (Å²) in [7, 11) is 0. The zero-order valence-corrected chi connectivity index (χ0v) is 10.5. The van der Waals surface area contributed by atoms with Crippen LogP contribution in [-0.2, 0) is 11.2 Å². The van der Waals surface area contributed by atoms with Gasteiger partial charge in [-0.15, -0.1) is 13.2 Å². The summed E-state index contributed by atoms with van der Waals surface area (Å²) < 4.78 is 41.5. The number of anilines is 1. The van der Waals surface area contributed by atoms with Crippen molar-refractivity contribution in [2.24, 2.45) is 0 Å². The third-order valence-corrected chi connectivity index (χ3v) is 2.59. The van der Waals surface area contributed by atoms with E-state index in [-0.39, 0.29) is 6.42 Å². The summed E-state index contributed by atoms with van der Waals surface area (Å²) in [6, 6.07) is 18.2. The van der Waals surface area contributed by atoms with Crippen molar-refractivity contribution in [3.05, 3.63) is 66.2 Å². The van der Waals surface area contributed by atoms with Crippen molar-refractivity contribution >= 4 is 5.69 Å². The summed E-state index contributed by atoms with van der Waals surface area (Å²) in [6.45, 7) is 0. The first-order valence-electron chi connectivity index (χ1n) is 6.04. The summed E-state index contributed by atoms with van der Waals surface area (Å²) in [5, 5.41) is 2.72. The number of alkyl halides is 3. The Balaban J connectivity index is 2.08. The smallest absolute Gasteiger partial charge is 0.360 e. The van der Waals surface area contributed by atoms with E-state index in [2.05, 4.69) is 16.1 Å². The molecule has 0 aliphatic rings. The molecule has 0 aliphatic heterocycles. The van der Waals surface area contributed by atoms with E-state index in [0.717, 1.165) is 5.56 Å². The molecule has 1 unspecified atom stereocenters. The standard InChI is InChI=1S/C15H13F3NO/c16-15(17,18)20-14(11-12-7-3-1-4-8-12)19-13-9-5-2-6-10-13/h1,3-10,14,19H,11H2. The summed E-state index contributed by atoms with van der Waals surface area (Å²) in [6.07, 6.45) is -5.76. The van der Waals surface area contributed by atoms with E-state index < -0.39 is 12.6 Å². The third kappa shape index (κ3) is 4.93. The van der Waals surface area contributed by atoms with Gasteiger partial charge in [-0.25, -0.2) is 0 Å². The Kier molecular flexibility index (Phi) is 4.63. The fourth-order valence-electron chi connectivity index (χ4n) is 1.78. The molecule has 0 aromatic heterocycles. The van der Waals surface area contributed by atoms with Crippen molar-refractivity contribution < 1.29 is 17.9 Å². The lowest BCUT2D eigenvalue weighted by Crippen LogP contribution is -2.32. The van der Waals surface area contributed by atoms with Gasteiger partial charge in [0.2, 0.25) is 0 Å². The van der Waals surface area contributed by atoms with Gasteiger partial charge in [-0.1, -0.05) is 42.5 Å². The monoisotopic (exact) mass is 280 g/mol. The Hall–Kier alpha value is -2.01. The van der Waals surface area contributed by atoms with Crippen LogP contribution in [0.25, 0.3) is 0 Å². The highest BCUT2D eigenvalue weighted by atomic mass is 19.4. The van der Waals surface area contributed by atoms with E-state index in [1.807, 2.05) is 6.07 Å². The highest BCUT2D eigenvalue weighted by Crippen LogP contribution is 2.22. The number of hydrogen-bond donors (Lipinski definition) is 1. The topological polar surface area (TPSA) is 21.3 Å². The Bertz CT molecular complexity index is 472. The Morgan fingerprint density at radius 1 is 1.05 bits per heavy atom. The molecular formula is C15H13F3NO. The first kappa shape index (κ1) is 14.4. The summed E-state index contributed by atoms with van der Waals surface area (Å²) in [5.41, 5.74) is 1.31. The molecule has 2 nitrogen and oxygen atoms in total. The largest absolute Gasteiger partial charge is 0.524 e. The molecule has 0 fully saturated rings. The van der Waals surface area contributed by atoms with Crippen LogP contribution in [-0.4, -0.2) is 12.6 Å². The maximum atomic E-state index is 12.4. The van der Waals surface area contributed by atoms with Crippen molar-refractivity contribution in [3.63, 3.8) is 0 Å². The highest BCUT2D eigenvalue weighted by molar-refractivity contribution is 5.43. The van der Waals surface area contributed by atoms with Crippen molar-refractivity contribution in [1.82, 2.24) is 0 Å². The third-order valence-electron chi connectivity index (χ3n) is 2.59. The van der Waals surface area contributed by atoms with Gasteiger partial charge in [-0.2, -0.15) is 0 Å². The number of nitrogens with one attached hydrogen (secondary N) is 1. The summed E-state index contributed by atoms with van der Waals surface area (Å²) in [4.78, 5) is 0. The first-order valence-corrected chi connectivity index (χ1v) is 6.04. The van der Waals surface area contributed by atoms with Crippen LogP contribution in [0.4, 0.5) is 18.9 Å². The predicted molar refractivity (Wildman–Crippen MR) is 70.0 cm³/mol. The van der Waals surface area contributed by atoms with Crippen LogP contribution in [0.1, 0.15) is 5.56 Å². The van der Waals surface area contributed by atoms with E-state index in [1.54, 1.807) is 48.5 Å². The summed E-state index contributed by atoms with van der Waals surface area (Å²) >= 11 is 0. The molecule has 0 bridgehead atoms. The lowest BCUT2D eigenvalue weighted by atomic mass is 10.1. The van der Waals surface area contributed by atoms with Crippen molar-refractivity contribution in [1.29, 1.82) is 0 Å². The fourth-order valence-corrected chi connectivity index (χ4v) is 1.78. The van der Waals surface area contributed by atoms with Crippen LogP contribution in [0, 0.1) is 6.07 Å². The van der Waals surface area contributed by atoms with Crippen LogP contribution in [0.5, 0.6) is 0 Å².